The van der Waals surface area contributed by atoms with Crippen molar-refractivity contribution < 1.29 is 73.2 Å². The number of aliphatic hydroxyl groups is 1. The summed E-state index contributed by atoms with van der Waals surface area (Å²) in [5.74, 6) is -11.9. The third-order valence-corrected chi connectivity index (χ3v) is 15.2. The monoisotopic (exact) mass is 1250 g/mol. The summed E-state index contributed by atoms with van der Waals surface area (Å²) in [4.78, 5) is 155. The van der Waals surface area contributed by atoms with Gasteiger partial charge in [-0.05, 0) is 98.2 Å². The molecule has 0 unspecified atom stereocenters. The number of phenolic OH excluding ortho intramolecular Hbond substituents is 1. The second kappa shape index (κ2) is 36.5. The van der Waals surface area contributed by atoms with E-state index in [2.05, 4.69) is 52.8 Å². The minimum atomic E-state index is -1.70. The Bertz CT molecular complexity index is 3070. The molecule has 0 fully saturated rings. The van der Waals surface area contributed by atoms with Gasteiger partial charge >= 0.3 is 11.9 Å². The minimum absolute atomic E-state index is 0.00668. The lowest BCUT2D eigenvalue weighted by Gasteiger charge is -2.29. The van der Waals surface area contributed by atoms with Gasteiger partial charge in [-0.25, -0.2) is 4.79 Å². The molecule has 27 nitrogen and oxygen atoms in total. The maximum absolute atomic E-state index is 14.9. The first-order chi connectivity index (χ1) is 42.7. The highest BCUT2D eigenvalue weighted by molar-refractivity contribution is 5.99. The number of para-hydroxylation sites is 1. The summed E-state index contributed by atoms with van der Waals surface area (Å²) in [5, 5.41) is 63.5. The molecule has 27 heteroatoms. The number of carbonyl (C=O) groups excluding carboxylic acids is 9. The molecule has 0 aliphatic carbocycles. The highest BCUT2D eigenvalue weighted by Gasteiger charge is 2.37. The van der Waals surface area contributed by atoms with Gasteiger partial charge in [0.15, 0.2) is 0 Å². The van der Waals surface area contributed by atoms with Gasteiger partial charge in [0.2, 0.25) is 53.2 Å². The van der Waals surface area contributed by atoms with Crippen molar-refractivity contribution in [3.05, 3.63) is 102 Å². The van der Waals surface area contributed by atoms with Crippen molar-refractivity contribution >= 4 is 76.0 Å². The molecule has 0 saturated heterocycles. The number of carboxylic acid groups (broad SMARTS) is 2. The first-order valence-electron chi connectivity index (χ1n) is 30.3. The van der Waals surface area contributed by atoms with E-state index in [9.17, 15) is 73.2 Å². The van der Waals surface area contributed by atoms with E-state index in [0.717, 1.165) is 0 Å². The van der Waals surface area contributed by atoms with Crippen LogP contribution in [0.15, 0.2) is 85.1 Å². The Hall–Kier alpha value is -8.95. The van der Waals surface area contributed by atoms with Crippen LogP contribution in [-0.2, 0) is 72.0 Å². The molecule has 1 aromatic heterocycles. The molecule has 0 aliphatic rings. The molecule has 4 rings (SSSR count). The van der Waals surface area contributed by atoms with Crippen LogP contribution >= 0.6 is 0 Å². The summed E-state index contributed by atoms with van der Waals surface area (Å²) < 4.78 is 0. The number of carbonyl (C=O) groups is 11. The van der Waals surface area contributed by atoms with E-state index in [1.54, 1.807) is 102 Å². The molecule has 11 atom stereocenters. The fourth-order valence-electron chi connectivity index (χ4n) is 9.71. The predicted molar refractivity (Wildman–Crippen MR) is 333 cm³/mol. The average Bonchev–Trinajstić information content (AvgIpc) is 2.00. The number of aromatic nitrogens is 1. The second-order valence-corrected chi connectivity index (χ2v) is 23.3. The summed E-state index contributed by atoms with van der Waals surface area (Å²) in [6.45, 7) is 11.1. The van der Waals surface area contributed by atoms with Crippen LogP contribution in [0.4, 0.5) is 0 Å². The summed E-state index contributed by atoms with van der Waals surface area (Å²) in [5.41, 5.74) is 13.8. The van der Waals surface area contributed by atoms with Gasteiger partial charge < -0.3 is 84.7 Å². The lowest BCUT2D eigenvalue weighted by Crippen LogP contribution is -2.61. The Morgan fingerprint density at radius 2 is 1.01 bits per heavy atom. The van der Waals surface area contributed by atoms with Gasteiger partial charge in [-0.2, -0.15) is 0 Å². The van der Waals surface area contributed by atoms with Gasteiger partial charge in [-0.1, -0.05) is 109 Å². The number of hydrogen-bond acceptors (Lipinski definition) is 15. The van der Waals surface area contributed by atoms with Crippen molar-refractivity contribution in [2.75, 3.05) is 13.2 Å². The number of rotatable bonds is 38. The van der Waals surface area contributed by atoms with Crippen LogP contribution < -0.4 is 59.3 Å². The van der Waals surface area contributed by atoms with Crippen molar-refractivity contribution in [3.63, 3.8) is 0 Å². The Labute approximate surface area is 523 Å². The SMILES string of the molecule is CC[C@H](C)[C@H](NC(=O)[C@H](C)NC(=O)[C@H](Cc1ccccc1)NC(=O)[C@@H](N)CO)C(=O)N[C@@H](CCCCN)C(=O)N[C@@H](Cc1c[nH]c2ccccc12)C(=O)N[C@@H](CCC(=O)O)C(=O)N[C@@H](Cc1ccc(O)cc1)C(=O)N[C@H](C(=O)N[C@@H](CC(C)C)C(=O)O)C(C)C. The number of fused-ring (bicyclic) bond motifs is 1. The van der Waals surface area contributed by atoms with Gasteiger partial charge in [-0.3, -0.25) is 47.9 Å². The predicted octanol–water partition coefficient (Wildman–Crippen LogP) is 0.431. The molecular weight excluding hydrogens is 1160 g/mol. The summed E-state index contributed by atoms with van der Waals surface area (Å²) in [6.07, 6.45) is 0.997. The molecular formula is C63H90N12O15. The molecule has 4 aromatic rings. The van der Waals surface area contributed by atoms with E-state index >= 15 is 0 Å². The van der Waals surface area contributed by atoms with Gasteiger partial charge in [0, 0.05) is 42.8 Å². The summed E-state index contributed by atoms with van der Waals surface area (Å²) in [6, 6.07) is 7.43. The van der Waals surface area contributed by atoms with Crippen LogP contribution in [0, 0.1) is 17.8 Å². The Balaban J connectivity index is 1.66. The Morgan fingerprint density at radius 1 is 0.522 bits per heavy atom. The molecule has 0 radical (unpaired) electrons. The number of carboxylic acids is 2. The third kappa shape index (κ3) is 23.5. The first kappa shape index (κ1) is 73.5. The topological polar surface area (TPSA) is 445 Å². The molecule has 0 bridgehead atoms. The number of nitrogens with two attached hydrogens (primary N) is 2. The van der Waals surface area contributed by atoms with Gasteiger partial charge in [-0.15, -0.1) is 0 Å². The zero-order chi connectivity index (χ0) is 66.8. The molecule has 0 aliphatic heterocycles. The number of unbranched alkanes of at least 4 members (excludes halogenated alkanes) is 1. The lowest BCUT2D eigenvalue weighted by molar-refractivity contribution is -0.143. The molecule has 18 N–H and O–H groups in total. The number of benzene rings is 3. The number of amides is 9. The van der Waals surface area contributed by atoms with Gasteiger partial charge in [0.25, 0.3) is 0 Å². The molecule has 0 saturated carbocycles. The van der Waals surface area contributed by atoms with Crippen LogP contribution in [0.1, 0.15) is 110 Å². The van der Waals surface area contributed by atoms with Crippen molar-refractivity contribution in [1.29, 1.82) is 0 Å². The number of nitrogens with one attached hydrogen (secondary N) is 10. The zero-order valence-electron chi connectivity index (χ0n) is 52.0. The first-order valence-corrected chi connectivity index (χ1v) is 30.3. The number of aromatic amines is 1. The minimum Gasteiger partial charge on any atom is -0.508 e. The van der Waals surface area contributed by atoms with Crippen molar-refractivity contribution in [2.45, 2.75) is 173 Å². The number of hydrogen-bond donors (Lipinski definition) is 16. The summed E-state index contributed by atoms with van der Waals surface area (Å²) >= 11 is 0. The van der Waals surface area contributed by atoms with E-state index in [-0.39, 0.29) is 50.3 Å². The van der Waals surface area contributed by atoms with Crippen LogP contribution in [0.2, 0.25) is 0 Å². The maximum Gasteiger partial charge on any atom is 0.326 e. The molecule has 90 heavy (non-hydrogen) atoms. The average molecular weight is 1260 g/mol. The van der Waals surface area contributed by atoms with Gasteiger partial charge in [0.1, 0.15) is 66.2 Å². The van der Waals surface area contributed by atoms with Crippen LogP contribution in [0.25, 0.3) is 10.9 Å². The Kier molecular flexibility index (Phi) is 29.8. The largest absolute Gasteiger partial charge is 0.508 e. The number of aliphatic carboxylic acids is 2. The third-order valence-electron chi connectivity index (χ3n) is 15.2. The zero-order valence-corrected chi connectivity index (χ0v) is 52.0. The van der Waals surface area contributed by atoms with E-state index in [1.807, 2.05) is 0 Å². The number of aliphatic hydroxyl groups excluding tert-OH is 1. The second-order valence-electron chi connectivity index (χ2n) is 23.3. The standard InChI is InChI=1S/C63H90N12O15/c1-8-36(6)53(75-54(80)37(7)67-58(84)47(70-55(81)43(65)33-76)29-38-16-10-9-11-17-38)62(88)69-45(20-14-15-27-64)56(82)72-49(31-40-32-66-44-19-13-12-18-42(40)44)59(85)68-46(25-26-51(78)79)57(83)71-48(30-39-21-23-41(77)24-22-39)60(86)74-52(35(4)5)61(87)73-50(63(89)90)28-34(2)3/h9-13,16-19,21-24,32,34-37,43,45-50,52-53,66,76-77H,8,14-15,20,25-31,33,64-65H2,1-7H3,(H,67,84)(H,68,85)(H,69,88)(H,70,81)(H,71,83)(H,72,82)(H,73,87)(H,74,86)(H,75,80)(H,78,79)(H,89,90)/t36-,37-,43-,45-,46-,47-,48-,49-,50-,52-,53-/m0/s1. The number of phenols is 1. The van der Waals surface area contributed by atoms with Crippen molar-refractivity contribution in [2.24, 2.45) is 29.2 Å². The van der Waals surface area contributed by atoms with Crippen LogP contribution in [0.3, 0.4) is 0 Å². The highest BCUT2D eigenvalue weighted by Crippen LogP contribution is 2.21. The van der Waals surface area contributed by atoms with Crippen molar-refractivity contribution in [3.8, 4) is 5.75 Å². The molecule has 1 heterocycles. The molecule has 0 spiro atoms. The maximum atomic E-state index is 14.9. The smallest absolute Gasteiger partial charge is 0.326 e. The molecule has 9 amide bonds. The molecule has 3 aromatic carbocycles. The van der Waals surface area contributed by atoms with E-state index in [0.29, 0.717) is 46.9 Å². The van der Waals surface area contributed by atoms with E-state index in [4.69, 9.17) is 11.5 Å². The van der Waals surface area contributed by atoms with Gasteiger partial charge in [0.05, 0.1) is 6.61 Å². The highest BCUT2D eigenvalue weighted by atomic mass is 16.4. The van der Waals surface area contributed by atoms with Crippen LogP contribution in [-0.4, -0.2) is 164 Å². The quantitative estimate of drug-likeness (QED) is 0.0271. The van der Waals surface area contributed by atoms with Crippen molar-refractivity contribution in [1.82, 2.24) is 52.8 Å². The normalized spacial score (nSPS) is 15.0. The van der Waals surface area contributed by atoms with E-state index in [1.165, 1.54) is 31.2 Å². The number of aromatic hydroxyl groups is 1. The lowest BCUT2D eigenvalue weighted by atomic mass is 9.96. The fourth-order valence-corrected chi connectivity index (χ4v) is 9.71. The summed E-state index contributed by atoms with van der Waals surface area (Å²) in [7, 11) is 0. The van der Waals surface area contributed by atoms with Crippen LogP contribution in [0.5, 0.6) is 5.75 Å². The van der Waals surface area contributed by atoms with E-state index < -0.39 is 157 Å². The number of H-pyrrole nitrogens is 1. The fraction of sp³-hybridized carbons (Fsp3) is 0.508. The Morgan fingerprint density at radius 3 is 1.58 bits per heavy atom. The molecule has 492 valence electrons.